The van der Waals surface area contributed by atoms with E-state index in [-0.39, 0.29) is 0 Å². The molecule has 1 atom stereocenters. The molecular formula is C11H11ClINO. The Labute approximate surface area is 108 Å². The molecule has 4 heteroatoms. The zero-order valence-electron chi connectivity index (χ0n) is 8.47. The molecule has 2 rings (SSSR count). The summed E-state index contributed by atoms with van der Waals surface area (Å²) in [5.74, 6) is 0.915. The first-order valence-electron chi connectivity index (χ1n) is 4.61. The minimum absolute atomic E-state index is 0.495. The highest BCUT2D eigenvalue weighted by Gasteiger charge is 2.35. The molecule has 1 unspecified atom stereocenters. The van der Waals surface area contributed by atoms with Crippen molar-refractivity contribution in [2.24, 2.45) is 0 Å². The highest BCUT2D eigenvalue weighted by atomic mass is 127. The van der Waals surface area contributed by atoms with Crippen molar-refractivity contribution >= 4 is 34.2 Å². The predicted octanol–water partition coefficient (Wildman–Crippen LogP) is 3.76. The van der Waals surface area contributed by atoms with Gasteiger partial charge in [-0.1, -0.05) is 23.7 Å². The monoisotopic (exact) mass is 335 g/mol. The molecule has 1 aliphatic heterocycles. The molecule has 0 bridgehead atoms. The van der Waals surface area contributed by atoms with Crippen LogP contribution in [0.2, 0.25) is 5.02 Å². The van der Waals surface area contributed by atoms with E-state index in [2.05, 4.69) is 27.9 Å². The summed E-state index contributed by atoms with van der Waals surface area (Å²) in [4.78, 5) is 0. The second-order valence-electron chi connectivity index (χ2n) is 3.64. The second-order valence-corrected chi connectivity index (χ2v) is 5.16. The number of nitrogens with one attached hydrogen (secondary N) is 1. The predicted molar refractivity (Wildman–Crippen MR) is 69.7 cm³/mol. The first-order chi connectivity index (χ1) is 7.01. The SMILES string of the molecule is CC1=C(I)NC(C)(c2cccc(Cl)c2)O1. The summed E-state index contributed by atoms with van der Waals surface area (Å²) in [7, 11) is 0. The highest BCUT2D eigenvalue weighted by molar-refractivity contribution is 14.1. The number of halogens is 2. The van der Waals surface area contributed by atoms with Gasteiger partial charge in [0, 0.05) is 10.6 Å². The molecule has 0 saturated heterocycles. The van der Waals surface area contributed by atoms with Gasteiger partial charge in [-0.05, 0) is 48.6 Å². The lowest BCUT2D eigenvalue weighted by atomic mass is 10.1. The second kappa shape index (κ2) is 3.87. The van der Waals surface area contributed by atoms with Crippen LogP contribution in [0.3, 0.4) is 0 Å². The standard InChI is InChI=1S/C11H11ClINO/c1-7-10(13)14-11(2,15-7)8-4-3-5-9(12)6-8/h3-6,14H,1-2H3. The van der Waals surface area contributed by atoms with Crippen LogP contribution in [0, 0.1) is 0 Å². The lowest BCUT2D eigenvalue weighted by molar-refractivity contribution is 0.0224. The quantitative estimate of drug-likeness (QED) is 0.623. The fourth-order valence-electron chi connectivity index (χ4n) is 1.59. The fourth-order valence-corrected chi connectivity index (χ4v) is 2.41. The molecule has 0 aromatic heterocycles. The molecule has 0 amide bonds. The van der Waals surface area contributed by atoms with E-state index in [9.17, 15) is 0 Å². The molecule has 1 aliphatic rings. The number of rotatable bonds is 1. The lowest BCUT2D eigenvalue weighted by Crippen LogP contribution is -2.34. The molecule has 0 aliphatic carbocycles. The van der Waals surface area contributed by atoms with Crippen molar-refractivity contribution in [1.82, 2.24) is 5.32 Å². The van der Waals surface area contributed by atoms with Crippen molar-refractivity contribution in [2.45, 2.75) is 19.6 Å². The maximum absolute atomic E-state index is 5.96. The van der Waals surface area contributed by atoms with Gasteiger partial charge in [-0.25, -0.2) is 0 Å². The molecule has 0 radical (unpaired) electrons. The zero-order valence-corrected chi connectivity index (χ0v) is 11.4. The van der Waals surface area contributed by atoms with Gasteiger partial charge in [0.15, 0.2) is 0 Å². The average Bonchev–Trinajstić information content (AvgIpc) is 2.42. The lowest BCUT2D eigenvalue weighted by Gasteiger charge is -2.26. The summed E-state index contributed by atoms with van der Waals surface area (Å²) in [5.41, 5.74) is 0.534. The summed E-state index contributed by atoms with van der Waals surface area (Å²) < 4.78 is 6.84. The maximum Gasteiger partial charge on any atom is 0.204 e. The number of hydrogen-bond acceptors (Lipinski definition) is 2. The number of ether oxygens (including phenoxy) is 1. The van der Waals surface area contributed by atoms with E-state index in [0.29, 0.717) is 0 Å². The molecule has 80 valence electrons. The number of hydrogen-bond donors (Lipinski definition) is 1. The van der Waals surface area contributed by atoms with E-state index in [1.54, 1.807) is 0 Å². The van der Waals surface area contributed by atoms with Crippen LogP contribution in [0.15, 0.2) is 33.7 Å². The molecule has 0 saturated carbocycles. The Hall–Kier alpha value is -0.420. The topological polar surface area (TPSA) is 21.3 Å². The summed E-state index contributed by atoms with van der Waals surface area (Å²) in [6.07, 6.45) is 0. The Balaban J connectivity index is 2.34. The average molecular weight is 336 g/mol. The third kappa shape index (κ3) is 2.08. The smallest absolute Gasteiger partial charge is 0.204 e. The maximum atomic E-state index is 5.96. The first-order valence-corrected chi connectivity index (χ1v) is 6.06. The molecule has 1 aromatic carbocycles. The van der Waals surface area contributed by atoms with E-state index >= 15 is 0 Å². The Morgan fingerprint density at radius 2 is 2.20 bits per heavy atom. The van der Waals surface area contributed by atoms with Gasteiger partial charge in [0.25, 0.3) is 0 Å². The van der Waals surface area contributed by atoms with Crippen molar-refractivity contribution in [3.63, 3.8) is 0 Å². The van der Waals surface area contributed by atoms with Gasteiger partial charge in [0.2, 0.25) is 5.72 Å². The third-order valence-electron chi connectivity index (χ3n) is 2.39. The molecule has 2 nitrogen and oxygen atoms in total. The van der Waals surface area contributed by atoms with Gasteiger partial charge in [-0.15, -0.1) is 0 Å². The molecule has 15 heavy (non-hydrogen) atoms. The molecule has 1 heterocycles. The normalized spacial score (nSPS) is 25.1. The van der Waals surface area contributed by atoms with Crippen LogP contribution in [-0.4, -0.2) is 0 Å². The zero-order chi connectivity index (χ0) is 11.1. The minimum atomic E-state index is -0.495. The van der Waals surface area contributed by atoms with E-state index < -0.39 is 5.72 Å². The van der Waals surface area contributed by atoms with Crippen molar-refractivity contribution in [3.05, 3.63) is 44.3 Å². The van der Waals surface area contributed by atoms with E-state index in [0.717, 1.165) is 20.0 Å². The van der Waals surface area contributed by atoms with Crippen molar-refractivity contribution < 1.29 is 4.74 Å². The van der Waals surface area contributed by atoms with Crippen LogP contribution in [0.5, 0.6) is 0 Å². The van der Waals surface area contributed by atoms with E-state index in [1.807, 2.05) is 38.1 Å². The molecule has 0 spiro atoms. The van der Waals surface area contributed by atoms with Gasteiger partial charge in [0.05, 0.1) is 0 Å². The number of benzene rings is 1. The van der Waals surface area contributed by atoms with Crippen LogP contribution >= 0.6 is 34.2 Å². The van der Waals surface area contributed by atoms with Crippen molar-refractivity contribution in [3.8, 4) is 0 Å². The Kier molecular flexibility index (Phi) is 2.85. The van der Waals surface area contributed by atoms with Crippen LogP contribution in [0.4, 0.5) is 0 Å². The molecular weight excluding hydrogens is 324 g/mol. The number of allylic oxidation sites excluding steroid dienone is 1. The van der Waals surface area contributed by atoms with E-state index in [4.69, 9.17) is 16.3 Å². The van der Waals surface area contributed by atoms with E-state index in [1.165, 1.54) is 0 Å². The molecule has 0 fully saturated rings. The Morgan fingerprint density at radius 1 is 1.47 bits per heavy atom. The van der Waals surface area contributed by atoms with Crippen LogP contribution < -0.4 is 5.32 Å². The largest absolute Gasteiger partial charge is 0.466 e. The van der Waals surface area contributed by atoms with Crippen molar-refractivity contribution in [1.29, 1.82) is 0 Å². The van der Waals surface area contributed by atoms with Crippen LogP contribution in [-0.2, 0) is 10.5 Å². The summed E-state index contributed by atoms with van der Waals surface area (Å²) in [6.45, 7) is 3.94. The van der Waals surface area contributed by atoms with Gasteiger partial charge < -0.3 is 10.1 Å². The summed E-state index contributed by atoms with van der Waals surface area (Å²) in [6, 6.07) is 7.70. The van der Waals surface area contributed by atoms with Gasteiger partial charge in [0.1, 0.15) is 9.46 Å². The Morgan fingerprint density at radius 3 is 2.73 bits per heavy atom. The third-order valence-corrected chi connectivity index (χ3v) is 3.65. The van der Waals surface area contributed by atoms with Crippen LogP contribution in [0.1, 0.15) is 19.4 Å². The Bertz CT molecular complexity index is 416. The van der Waals surface area contributed by atoms with Gasteiger partial charge >= 0.3 is 0 Å². The summed E-state index contributed by atoms with van der Waals surface area (Å²) >= 11 is 8.19. The fraction of sp³-hybridized carbons (Fsp3) is 0.273. The molecule has 1 aromatic rings. The first kappa shape index (κ1) is 11.1. The van der Waals surface area contributed by atoms with Gasteiger partial charge in [-0.2, -0.15) is 0 Å². The summed E-state index contributed by atoms with van der Waals surface area (Å²) in [5, 5.41) is 4.03. The molecule has 1 N–H and O–H groups in total. The van der Waals surface area contributed by atoms with Crippen molar-refractivity contribution in [2.75, 3.05) is 0 Å². The van der Waals surface area contributed by atoms with Crippen LogP contribution in [0.25, 0.3) is 0 Å². The van der Waals surface area contributed by atoms with Gasteiger partial charge in [-0.3, -0.25) is 0 Å². The highest BCUT2D eigenvalue weighted by Crippen LogP contribution is 2.35. The minimum Gasteiger partial charge on any atom is -0.466 e.